The summed E-state index contributed by atoms with van der Waals surface area (Å²) in [7, 11) is 0. The highest BCUT2D eigenvalue weighted by Crippen LogP contribution is 2.26. The Bertz CT molecular complexity index is 757. The molecule has 0 bridgehead atoms. The van der Waals surface area contributed by atoms with Crippen molar-refractivity contribution in [3.63, 3.8) is 0 Å². The third-order valence-electron chi connectivity index (χ3n) is 3.70. The number of nitrogens with zero attached hydrogens (tertiary/aromatic N) is 1. The van der Waals surface area contributed by atoms with E-state index >= 15 is 0 Å². The van der Waals surface area contributed by atoms with Gasteiger partial charge in [0.1, 0.15) is 18.1 Å². The minimum Gasteiger partial charge on any atom is -0.508 e. The fraction of sp³-hybridized carbons (Fsp3) is 0.222. The first kappa shape index (κ1) is 13.6. The molecule has 1 aromatic heterocycles. The Morgan fingerprint density at radius 3 is 2.57 bits per heavy atom. The molecular weight excluding hydrogens is 262 g/mol. The van der Waals surface area contributed by atoms with Crippen molar-refractivity contribution in [2.45, 2.75) is 27.0 Å². The van der Waals surface area contributed by atoms with Gasteiger partial charge in [0.25, 0.3) is 0 Å². The number of hydrogen-bond acceptors (Lipinski definition) is 2. The molecule has 1 N–H and O–H groups in total. The van der Waals surface area contributed by atoms with Crippen molar-refractivity contribution in [2.24, 2.45) is 0 Å². The van der Waals surface area contributed by atoms with Gasteiger partial charge in [-0.25, -0.2) is 0 Å². The average molecular weight is 281 g/mol. The van der Waals surface area contributed by atoms with Crippen molar-refractivity contribution < 1.29 is 9.84 Å². The molecule has 0 radical (unpaired) electrons. The second-order valence-corrected chi connectivity index (χ2v) is 5.24. The third-order valence-corrected chi connectivity index (χ3v) is 3.70. The topological polar surface area (TPSA) is 34.4 Å². The maximum Gasteiger partial charge on any atom is 0.119 e. The van der Waals surface area contributed by atoms with Crippen molar-refractivity contribution in [1.29, 1.82) is 0 Å². The van der Waals surface area contributed by atoms with Crippen LogP contribution in [0.15, 0.2) is 48.7 Å². The summed E-state index contributed by atoms with van der Waals surface area (Å²) in [5.41, 5.74) is 3.40. The Morgan fingerprint density at radius 2 is 1.86 bits per heavy atom. The van der Waals surface area contributed by atoms with Gasteiger partial charge in [-0.1, -0.05) is 17.7 Å². The summed E-state index contributed by atoms with van der Waals surface area (Å²) in [4.78, 5) is 0. The van der Waals surface area contributed by atoms with Gasteiger partial charge in [-0.05, 0) is 38.1 Å². The summed E-state index contributed by atoms with van der Waals surface area (Å²) in [6, 6.07) is 13.5. The zero-order valence-corrected chi connectivity index (χ0v) is 12.3. The van der Waals surface area contributed by atoms with Crippen LogP contribution in [0, 0.1) is 6.92 Å². The van der Waals surface area contributed by atoms with E-state index in [4.69, 9.17) is 4.74 Å². The second kappa shape index (κ2) is 5.52. The number of benzene rings is 2. The van der Waals surface area contributed by atoms with Crippen LogP contribution in [0.1, 0.15) is 18.1 Å². The van der Waals surface area contributed by atoms with Gasteiger partial charge in [0.05, 0.1) is 5.52 Å². The average Bonchev–Trinajstić information content (AvgIpc) is 2.84. The quantitative estimate of drug-likeness (QED) is 0.775. The first-order valence-corrected chi connectivity index (χ1v) is 7.17. The van der Waals surface area contributed by atoms with E-state index in [2.05, 4.69) is 24.6 Å². The summed E-state index contributed by atoms with van der Waals surface area (Å²) in [6.45, 7) is 5.54. The predicted octanol–water partition coefficient (Wildman–Crippen LogP) is 4.25. The molecule has 0 atom stereocenters. The second-order valence-electron chi connectivity index (χ2n) is 5.24. The van der Waals surface area contributed by atoms with E-state index in [9.17, 15) is 5.11 Å². The summed E-state index contributed by atoms with van der Waals surface area (Å²) < 4.78 is 8.00. The van der Waals surface area contributed by atoms with Crippen molar-refractivity contribution >= 4 is 10.9 Å². The Kier molecular flexibility index (Phi) is 3.57. The van der Waals surface area contributed by atoms with Crippen molar-refractivity contribution in [3.05, 3.63) is 59.8 Å². The van der Waals surface area contributed by atoms with Crippen LogP contribution in [0.4, 0.5) is 0 Å². The number of phenols is 1. The molecule has 0 aliphatic rings. The van der Waals surface area contributed by atoms with E-state index in [0.717, 1.165) is 28.8 Å². The van der Waals surface area contributed by atoms with Gasteiger partial charge in [-0.15, -0.1) is 0 Å². The molecule has 108 valence electrons. The number of aromatic nitrogens is 1. The van der Waals surface area contributed by atoms with Crippen LogP contribution in [0.3, 0.4) is 0 Å². The molecule has 0 fully saturated rings. The maximum atomic E-state index is 9.65. The lowest BCUT2D eigenvalue weighted by molar-refractivity contribution is 0.307. The predicted molar refractivity (Wildman–Crippen MR) is 84.8 cm³/mol. The molecule has 3 heteroatoms. The van der Waals surface area contributed by atoms with E-state index in [1.807, 2.05) is 30.3 Å². The Hall–Kier alpha value is -2.42. The largest absolute Gasteiger partial charge is 0.508 e. The summed E-state index contributed by atoms with van der Waals surface area (Å²) in [6.07, 6.45) is 2.10. The SMILES string of the molecule is CCn1cc(COc2ccc(C)cc2)c2ccc(O)cc21. The van der Waals surface area contributed by atoms with Crippen LogP contribution < -0.4 is 4.74 Å². The van der Waals surface area contributed by atoms with Crippen LogP contribution in [0.25, 0.3) is 10.9 Å². The number of rotatable bonds is 4. The van der Waals surface area contributed by atoms with Crippen LogP contribution in [-0.4, -0.2) is 9.67 Å². The number of phenolic OH excluding ortho intramolecular Hbond substituents is 1. The zero-order chi connectivity index (χ0) is 14.8. The van der Waals surface area contributed by atoms with E-state index in [1.54, 1.807) is 12.1 Å². The molecule has 0 spiro atoms. The molecule has 2 aromatic carbocycles. The number of ether oxygens (including phenoxy) is 1. The van der Waals surface area contributed by atoms with Crippen molar-refractivity contribution in [1.82, 2.24) is 4.57 Å². The molecule has 0 amide bonds. The lowest BCUT2D eigenvalue weighted by Gasteiger charge is -2.05. The molecule has 0 aliphatic carbocycles. The summed E-state index contributed by atoms with van der Waals surface area (Å²) >= 11 is 0. The van der Waals surface area contributed by atoms with Crippen LogP contribution in [0.5, 0.6) is 11.5 Å². The van der Waals surface area contributed by atoms with Gasteiger partial charge in [0, 0.05) is 29.8 Å². The molecular formula is C18H19NO2. The minimum atomic E-state index is 0.293. The van der Waals surface area contributed by atoms with Crippen molar-refractivity contribution in [3.8, 4) is 11.5 Å². The maximum absolute atomic E-state index is 9.65. The molecule has 0 unspecified atom stereocenters. The Labute approximate surface area is 124 Å². The third kappa shape index (κ3) is 2.72. The van der Waals surface area contributed by atoms with Crippen molar-refractivity contribution in [2.75, 3.05) is 0 Å². The Morgan fingerprint density at radius 1 is 1.10 bits per heavy atom. The van der Waals surface area contributed by atoms with E-state index < -0.39 is 0 Å². The fourth-order valence-electron chi connectivity index (χ4n) is 2.53. The molecule has 1 heterocycles. The molecule has 0 aliphatic heterocycles. The number of aromatic hydroxyl groups is 1. The lowest BCUT2D eigenvalue weighted by atomic mass is 10.2. The van der Waals surface area contributed by atoms with Gasteiger partial charge in [-0.3, -0.25) is 0 Å². The highest BCUT2D eigenvalue weighted by Gasteiger charge is 2.09. The van der Waals surface area contributed by atoms with E-state index in [1.165, 1.54) is 5.56 Å². The number of aryl methyl sites for hydroxylation is 2. The molecule has 0 saturated heterocycles. The van der Waals surface area contributed by atoms with Gasteiger partial charge in [0.2, 0.25) is 0 Å². The fourth-order valence-corrected chi connectivity index (χ4v) is 2.53. The molecule has 0 saturated carbocycles. The molecule has 3 aromatic rings. The van der Waals surface area contributed by atoms with Gasteiger partial charge in [0.15, 0.2) is 0 Å². The van der Waals surface area contributed by atoms with Gasteiger partial charge < -0.3 is 14.4 Å². The van der Waals surface area contributed by atoms with Crippen LogP contribution in [-0.2, 0) is 13.2 Å². The van der Waals surface area contributed by atoms with Crippen LogP contribution in [0.2, 0.25) is 0 Å². The zero-order valence-electron chi connectivity index (χ0n) is 12.3. The highest BCUT2D eigenvalue weighted by molar-refractivity contribution is 5.85. The summed E-state index contributed by atoms with van der Waals surface area (Å²) in [5, 5.41) is 10.8. The molecule has 21 heavy (non-hydrogen) atoms. The molecule has 3 rings (SSSR count). The minimum absolute atomic E-state index is 0.293. The lowest BCUT2D eigenvalue weighted by Crippen LogP contribution is -1.95. The number of fused-ring (bicyclic) bond motifs is 1. The molecule has 3 nitrogen and oxygen atoms in total. The standard InChI is InChI=1S/C18H19NO2/c1-3-19-11-14(17-9-6-15(20)10-18(17)19)12-21-16-7-4-13(2)5-8-16/h4-11,20H,3,12H2,1-2H3. The smallest absolute Gasteiger partial charge is 0.119 e. The van der Waals surface area contributed by atoms with Crippen LogP contribution >= 0.6 is 0 Å². The first-order valence-electron chi connectivity index (χ1n) is 7.17. The van der Waals surface area contributed by atoms with E-state index in [-0.39, 0.29) is 0 Å². The van der Waals surface area contributed by atoms with E-state index in [0.29, 0.717) is 12.4 Å². The number of hydrogen-bond donors (Lipinski definition) is 1. The van der Waals surface area contributed by atoms with Gasteiger partial charge in [-0.2, -0.15) is 0 Å². The summed E-state index contributed by atoms with van der Waals surface area (Å²) in [5.74, 6) is 1.16. The van der Waals surface area contributed by atoms with Gasteiger partial charge >= 0.3 is 0 Å². The highest BCUT2D eigenvalue weighted by atomic mass is 16.5. The monoisotopic (exact) mass is 281 g/mol. The Balaban J connectivity index is 1.88. The normalized spacial score (nSPS) is 11.0. The first-order chi connectivity index (χ1) is 10.2.